The monoisotopic (exact) mass is 523 g/mol. The van der Waals surface area contributed by atoms with Gasteiger partial charge in [-0.3, -0.25) is 0 Å². The van der Waals surface area contributed by atoms with Crippen LogP contribution in [0, 0.1) is 25.5 Å². The summed E-state index contributed by atoms with van der Waals surface area (Å²) in [7, 11) is 3.59. The molecule has 2 N–H and O–H groups in total. The summed E-state index contributed by atoms with van der Waals surface area (Å²) >= 11 is 1.62. The summed E-state index contributed by atoms with van der Waals surface area (Å²) in [6.45, 7) is 7.42. The third kappa shape index (κ3) is 6.63. The van der Waals surface area contributed by atoms with E-state index in [4.69, 9.17) is 0 Å². The van der Waals surface area contributed by atoms with E-state index in [1.165, 1.54) is 18.2 Å². The molecule has 9 heteroatoms. The number of halogens is 3. The van der Waals surface area contributed by atoms with Gasteiger partial charge in [0, 0.05) is 23.5 Å². The lowest BCUT2D eigenvalue weighted by Gasteiger charge is -2.26. The molecule has 5 nitrogen and oxygen atoms in total. The molecule has 0 fully saturated rings. The first-order valence-corrected chi connectivity index (χ1v) is 9.70. The number of hydrogen-bond donors (Lipinski definition) is 2. The number of nitrogens with one attached hydrogen (secondary N) is 2. The van der Waals surface area contributed by atoms with Crippen LogP contribution in [0.3, 0.4) is 0 Å². The first-order chi connectivity index (χ1) is 12.8. The van der Waals surface area contributed by atoms with Gasteiger partial charge in [0.1, 0.15) is 11.6 Å². The number of rotatable bonds is 7. The first-order valence-electron chi connectivity index (χ1n) is 8.88. The van der Waals surface area contributed by atoms with Crippen molar-refractivity contribution in [3.8, 4) is 0 Å². The minimum atomic E-state index is -0.548. The van der Waals surface area contributed by atoms with Crippen LogP contribution in [-0.2, 0) is 6.54 Å². The number of thiazole rings is 1. The van der Waals surface area contributed by atoms with E-state index in [9.17, 15) is 8.78 Å². The van der Waals surface area contributed by atoms with E-state index in [0.29, 0.717) is 25.6 Å². The zero-order valence-electron chi connectivity index (χ0n) is 16.8. The summed E-state index contributed by atoms with van der Waals surface area (Å²) in [5.74, 6) is -0.493. The molecule has 0 amide bonds. The summed E-state index contributed by atoms with van der Waals surface area (Å²) < 4.78 is 28.4. The molecule has 0 aliphatic rings. The first kappa shape index (κ1) is 24.7. The Morgan fingerprint density at radius 3 is 2.36 bits per heavy atom. The number of guanidine groups is 1. The van der Waals surface area contributed by atoms with Crippen LogP contribution in [-0.4, -0.2) is 43.0 Å². The van der Waals surface area contributed by atoms with Crippen molar-refractivity contribution in [2.24, 2.45) is 4.99 Å². The second-order valence-electron chi connectivity index (χ2n) is 6.43. The van der Waals surface area contributed by atoms with E-state index in [1.807, 2.05) is 20.8 Å². The van der Waals surface area contributed by atoms with Gasteiger partial charge in [0.15, 0.2) is 5.96 Å². The molecule has 0 aliphatic heterocycles. The van der Waals surface area contributed by atoms with Gasteiger partial charge in [-0.2, -0.15) is 0 Å². The third-order valence-corrected chi connectivity index (χ3v) is 5.20. The zero-order chi connectivity index (χ0) is 20.0. The fourth-order valence-electron chi connectivity index (χ4n) is 2.78. The Bertz CT molecular complexity index is 774. The Morgan fingerprint density at radius 2 is 1.86 bits per heavy atom. The Labute approximate surface area is 186 Å². The smallest absolute Gasteiger partial charge is 0.191 e. The van der Waals surface area contributed by atoms with Crippen molar-refractivity contribution in [1.29, 1.82) is 0 Å². The van der Waals surface area contributed by atoms with Gasteiger partial charge in [-0.25, -0.2) is 18.8 Å². The lowest BCUT2D eigenvalue weighted by molar-refractivity contribution is 0.282. The van der Waals surface area contributed by atoms with Gasteiger partial charge < -0.3 is 15.5 Å². The molecule has 0 bridgehead atoms. The lowest BCUT2D eigenvalue weighted by Crippen LogP contribution is -2.42. The Kier molecular flexibility index (Phi) is 10.3. The quantitative estimate of drug-likeness (QED) is 0.327. The number of nitrogens with zero attached hydrogens (tertiary/aromatic N) is 3. The summed E-state index contributed by atoms with van der Waals surface area (Å²) in [6.07, 6.45) is 0. The van der Waals surface area contributed by atoms with E-state index in [-0.39, 0.29) is 29.5 Å². The summed E-state index contributed by atoms with van der Waals surface area (Å²) in [5.41, 5.74) is 1.04. The highest BCUT2D eigenvalue weighted by Crippen LogP contribution is 2.24. The van der Waals surface area contributed by atoms with Crippen molar-refractivity contribution in [2.75, 3.05) is 27.2 Å². The summed E-state index contributed by atoms with van der Waals surface area (Å²) in [6, 6.07) is 3.47. The molecule has 0 saturated carbocycles. The molecule has 0 aliphatic carbocycles. The molecular weight excluding hydrogens is 495 g/mol. The standard InChI is InChI=1S/C19H27F2N5S.HI/c1-6-22-19(24-11-17-12(2)25-13(3)27-17)23-10-16(26(4)5)18-14(20)8-7-9-15(18)21;/h7-9,16H,6,10-11H2,1-5H3,(H2,22,23,24);1H. The predicted octanol–water partition coefficient (Wildman–Crippen LogP) is 4.01. The highest BCUT2D eigenvalue weighted by Gasteiger charge is 2.22. The van der Waals surface area contributed by atoms with Gasteiger partial charge in [-0.15, -0.1) is 35.3 Å². The number of hydrogen-bond acceptors (Lipinski definition) is 4. The SMILES string of the molecule is CCNC(=NCc1sc(C)nc1C)NCC(c1c(F)cccc1F)N(C)C.I. The van der Waals surface area contributed by atoms with Crippen LogP contribution < -0.4 is 10.6 Å². The summed E-state index contributed by atoms with van der Waals surface area (Å²) in [5, 5.41) is 7.38. The highest BCUT2D eigenvalue weighted by molar-refractivity contribution is 14.0. The maximum atomic E-state index is 14.2. The van der Waals surface area contributed by atoms with Gasteiger partial charge in [-0.1, -0.05) is 6.07 Å². The van der Waals surface area contributed by atoms with Crippen LogP contribution >= 0.6 is 35.3 Å². The molecule has 156 valence electrons. The Morgan fingerprint density at radius 1 is 1.21 bits per heavy atom. The van der Waals surface area contributed by atoms with Gasteiger partial charge in [0.05, 0.1) is 23.3 Å². The molecule has 28 heavy (non-hydrogen) atoms. The molecule has 0 saturated heterocycles. The maximum absolute atomic E-state index is 14.2. The second-order valence-corrected chi connectivity index (χ2v) is 7.72. The maximum Gasteiger partial charge on any atom is 0.191 e. The van der Waals surface area contributed by atoms with Gasteiger partial charge >= 0.3 is 0 Å². The number of aliphatic imine (C=N–C) groups is 1. The number of likely N-dealkylation sites (N-methyl/N-ethyl adjacent to an activating group) is 1. The van der Waals surface area contributed by atoms with Crippen molar-refractivity contribution >= 4 is 41.3 Å². The molecule has 2 aromatic rings. The van der Waals surface area contributed by atoms with Crippen molar-refractivity contribution in [1.82, 2.24) is 20.5 Å². The van der Waals surface area contributed by atoms with Gasteiger partial charge in [-0.05, 0) is 47.0 Å². The van der Waals surface area contributed by atoms with Crippen molar-refractivity contribution < 1.29 is 8.78 Å². The number of benzene rings is 1. The lowest BCUT2D eigenvalue weighted by atomic mass is 10.0. The fourth-order valence-corrected chi connectivity index (χ4v) is 3.64. The topological polar surface area (TPSA) is 52.6 Å². The molecule has 1 heterocycles. The number of aryl methyl sites for hydroxylation is 2. The van der Waals surface area contributed by atoms with E-state index >= 15 is 0 Å². The van der Waals surface area contributed by atoms with Gasteiger partial charge in [0.2, 0.25) is 0 Å². The molecule has 2 rings (SSSR count). The second kappa shape index (κ2) is 11.6. The van der Waals surface area contributed by atoms with Crippen LogP contribution in [0.15, 0.2) is 23.2 Å². The molecule has 1 atom stereocenters. The van der Waals surface area contributed by atoms with Crippen molar-refractivity contribution in [2.45, 2.75) is 33.4 Å². The fraction of sp³-hybridized carbons (Fsp3) is 0.474. The average Bonchev–Trinajstić information content (AvgIpc) is 2.92. The average molecular weight is 523 g/mol. The third-order valence-electron chi connectivity index (χ3n) is 4.14. The van der Waals surface area contributed by atoms with E-state index < -0.39 is 17.7 Å². The van der Waals surface area contributed by atoms with E-state index in [1.54, 1.807) is 30.3 Å². The highest BCUT2D eigenvalue weighted by atomic mass is 127. The largest absolute Gasteiger partial charge is 0.357 e. The van der Waals surface area contributed by atoms with Crippen molar-refractivity contribution in [3.05, 3.63) is 51.0 Å². The molecule has 0 radical (unpaired) electrons. The molecule has 1 aromatic carbocycles. The van der Waals surface area contributed by atoms with Crippen LogP contribution in [0.2, 0.25) is 0 Å². The van der Waals surface area contributed by atoms with Crippen molar-refractivity contribution in [3.63, 3.8) is 0 Å². The summed E-state index contributed by atoms with van der Waals surface area (Å²) in [4.78, 5) is 11.9. The van der Waals surface area contributed by atoms with E-state index in [2.05, 4.69) is 20.6 Å². The van der Waals surface area contributed by atoms with Crippen LogP contribution in [0.4, 0.5) is 8.78 Å². The predicted molar refractivity (Wildman–Crippen MR) is 123 cm³/mol. The zero-order valence-corrected chi connectivity index (χ0v) is 20.0. The van der Waals surface area contributed by atoms with E-state index in [0.717, 1.165) is 15.6 Å². The molecule has 1 unspecified atom stereocenters. The van der Waals surface area contributed by atoms with Crippen LogP contribution in [0.5, 0.6) is 0 Å². The molecule has 0 spiro atoms. The molecule has 1 aromatic heterocycles. The van der Waals surface area contributed by atoms with Crippen LogP contribution in [0.25, 0.3) is 0 Å². The molecular formula is C19H28F2IN5S. The Balaban J connectivity index is 0.00000392. The van der Waals surface area contributed by atoms with Gasteiger partial charge in [0.25, 0.3) is 0 Å². The van der Waals surface area contributed by atoms with Crippen LogP contribution in [0.1, 0.15) is 34.1 Å². The minimum absolute atomic E-state index is 0. The number of aromatic nitrogens is 1. The Hall–Kier alpha value is -1.33. The normalized spacial score (nSPS) is 12.6. The minimum Gasteiger partial charge on any atom is -0.357 e.